The second-order valence-electron chi connectivity index (χ2n) is 6.49. The van der Waals surface area contributed by atoms with E-state index in [0.717, 1.165) is 0 Å². The van der Waals surface area contributed by atoms with E-state index < -0.39 is 11.5 Å². The molecule has 28 heavy (non-hydrogen) atoms. The van der Waals surface area contributed by atoms with E-state index in [1.54, 1.807) is 60.7 Å². The van der Waals surface area contributed by atoms with Gasteiger partial charge < -0.3 is 14.8 Å². The van der Waals surface area contributed by atoms with Crippen molar-refractivity contribution in [3.63, 3.8) is 0 Å². The summed E-state index contributed by atoms with van der Waals surface area (Å²) in [5.41, 5.74) is -0.636. The molecule has 1 aliphatic rings. The van der Waals surface area contributed by atoms with Crippen LogP contribution in [0.3, 0.4) is 0 Å². The molecule has 2 heterocycles. The molecule has 0 aliphatic carbocycles. The minimum absolute atomic E-state index is 0.216. The molecule has 1 atom stereocenters. The Morgan fingerprint density at radius 2 is 1.96 bits per heavy atom. The van der Waals surface area contributed by atoms with Gasteiger partial charge in [0.25, 0.3) is 5.91 Å². The molecule has 2 amide bonds. The predicted octanol–water partition coefficient (Wildman–Crippen LogP) is 2.83. The highest BCUT2D eigenvalue weighted by Crippen LogP contribution is 2.44. The number of hydrogen-bond donors (Lipinski definition) is 2. The Morgan fingerprint density at radius 1 is 1.14 bits per heavy atom. The molecule has 1 aromatic heterocycles. The third kappa shape index (κ3) is 3.06. The molecule has 0 fully saturated rings. The fourth-order valence-corrected chi connectivity index (χ4v) is 3.57. The molecule has 0 radical (unpaired) electrons. The van der Waals surface area contributed by atoms with Gasteiger partial charge in [0.15, 0.2) is 5.60 Å². The average molecular weight is 397 g/mol. The van der Waals surface area contributed by atoms with Gasteiger partial charge in [-0.15, -0.1) is 0 Å². The maximum atomic E-state index is 13.2. The number of benzene rings is 2. The van der Waals surface area contributed by atoms with Gasteiger partial charge in [0, 0.05) is 10.6 Å². The van der Waals surface area contributed by atoms with Crippen molar-refractivity contribution in [2.45, 2.75) is 12.1 Å². The number of rotatable bonds is 5. The fraction of sp³-hybridized carbons (Fsp3) is 0.143. The van der Waals surface area contributed by atoms with Crippen molar-refractivity contribution in [3.8, 4) is 0 Å². The smallest absolute Gasteiger partial charge is 0.268 e. The third-order valence-corrected chi connectivity index (χ3v) is 4.96. The first-order valence-corrected chi connectivity index (χ1v) is 9.07. The summed E-state index contributed by atoms with van der Waals surface area (Å²) in [5.74, 6) is -0.351. The molecule has 3 aromatic rings. The molecule has 0 saturated heterocycles. The van der Waals surface area contributed by atoms with Crippen LogP contribution in [-0.2, 0) is 21.7 Å². The van der Waals surface area contributed by atoms with Crippen LogP contribution in [0.2, 0.25) is 5.02 Å². The number of halogens is 1. The lowest BCUT2D eigenvalue weighted by atomic mass is 9.87. The summed E-state index contributed by atoms with van der Waals surface area (Å²) in [7, 11) is 0. The number of carbonyl (C=O) groups is 2. The summed E-state index contributed by atoms with van der Waals surface area (Å²) in [6.07, 6.45) is 1.52. The largest absolute Gasteiger partial charge is 0.467 e. The molecular weight excluding hydrogens is 380 g/mol. The van der Waals surface area contributed by atoms with E-state index >= 15 is 0 Å². The minimum atomic E-state index is -1.90. The number of anilines is 1. The van der Waals surface area contributed by atoms with E-state index in [1.165, 1.54) is 11.2 Å². The molecule has 0 saturated carbocycles. The van der Waals surface area contributed by atoms with Crippen molar-refractivity contribution < 1.29 is 19.1 Å². The standard InChI is InChI=1S/C21H17ClN2O4/c22-15-6-3-5-14(11-15)21(27)17-8-1-2-9-18(17)24(20(21)26)13-19(25)23-12-16-7-4-10-28-16/h1-11,27H,12-13H2,(H,23,25)/t21-/m0/s1. The highest BCUT2D eigenvalue weighted by Gasteiger charge is 2.51. The Hall–Kier alpha value is -3.09. The second kappa shape index (κ2) is 7.14. The van der Waals surface area contributed by atoms with E-state index in [-0.39, 0.29) is 19.0 Å². The Balaban J connectivity index is 1.62. The molecule has 0 bridgehead atoms. The summed E-state index contributed by atoms with van der Waals surface area (Å²) in [6.45, 7) is -0.00645. The lowest BCUT2D eigenvalue weighted by Crippen LogP contribution is -2.45. The van der Waals surface area contributed by atoms with Crippen LogP contribution in [0.4, 0.5) is 5.69 Å². The molecule has 4 rings (SSSR count). The first kappa shape index (κ1) is 18.3. The predicted molar refractivity (Wildman–Crippen MR) is 104 cm³/mol. The van der Waals surface area contributed by atoms with Gasteiger partial charge in [0.1, 0.15) is 12.3 Å². The van der Waals surface area contributed by atoms with Crippen LogP contribution in [0.1, 0.15) is 16.9 Å². The zero-order valence-corrected chi connectivity index (χ0v) is 15.5. The van der Waals surface area contributed by atoms with Crippen molar-refractivity contribution >= 4 is 29.1 Å². The van der Waals surface area contributed by atoms with Gasteiger partial charge in [0.05, 0.1) is 18.5 Å². The molecule has 7 heteroatoms. The number of nitrogens with one attached hydrogen (secondary N) is 1. The molecule has 2 N–H and O–H groups in total. The van der Waals surface area contributed by atoms with Crippen molar-refractivity contribution in [1.29, 1.82) is 0 Å². The summed E-state index contributed by atoms with van der Waals surface area (Å²) < 4.78 is 5.19. The van der Waals surface area contributed by atoms with Gasteiger partial charge in [0.2, 0.25) is 5.91 Å². The molecular formula is C21H17ClN2O4. The van der Waals surface area contributed by atoms with Crippen molar-refractivity contribution in [1.82, 2.24) is 5.32 Å². The highest BCUT2D eigenvalue weighted by molar-refractivity contribution is 6.30. The first-order valence-electron chi connectivity index (χ1n) is 8.69. The van der Waals surface area contributed by atoms with Gasteiger partial charge >= 0.3 is 0 Å². The van der Waals surface area contributed by atoms with Crippen LogP contribution in [0.15, 0.2) is 71.3 Å². The Morgan fingerprint density at radius 3 is 2.71 bits per heavy atom. The highest BCUT2D eigenvalue weighted by atomic mass is 35.5. The quantitative estimate of drug-likeness (QED) is 0.694. The summed E-state index contributed by atoms with van der Waals surface area (Å²) in [6, 6.07) is 16.9. The number of nitrogens with zero attached hydrogens (tertiary/aromatic N) is 1. The first-order chi connectivity index (χ1) is 13.5. The van der Waals surface area contributed by atoms with Gasteiger partial charge in [-0.3, -0.25) is 14.5 Å². The Labute approximate surface area is 166 Å². The van der Waals surface area contributed by atoms with Gasteiger partial charge in [-0.1, -0.05) is 41.9 Å². The van der Waals surface area contributed by atoms with Crippen LogP contribution in [-0.4, -0.2) is 23.5 Å². The molecule has 6 nitrogen and oxygen atoms in total. The number of aliphatic hydroxyl groups is 1. The van der Waals surface area contributed by atoms with Crippen LogP contribution < -0.4 is 10.2 Å². The summed E-state index contributed by atoms with van der Waals surface area (Å²) >= 11 is 6.06. The van der Waals surface area contributed by atoms with Gasteiger partial charge in [-0.05, 0) is 35.9 Å². The number of furan rings is 1. The van der Waals surface area contributed by atoms with E-state index in [0.29, 0.717) is 27.6 Å². The lowest BCUT2D eigenvalue weighted by molar-refractivity contribution is -0.133. The van der Waals surface area contributed by atoms with Crippen LogP contribution in [0.25, 0.3) is 0 Å². The van der Waals surface area contributed by atoms with E-state index in [2.05, 4.69) is 5.32 Å². The van der Waals surface area contributed by atoms with Crippen molar-refractivity contribution in [3.05, 3.63) is 88.8 Å². The Bertz CT molecular complexity index is 1030. The fourth-order valence-electron chi connectivity index (χ4n) is 3.38. The molecule has 1 aliphatic heterocycles. The molecule has 2 aromatic carbocycles. The van der Waals surface area contributed by atoms with Gasteiger partial charge in [-0.2, -0.15) is 0 Å². The van der Waals surface area contributed by atoms with Crippen LogP contribution in [0, 0.1) is 0 Å². The maximum absolute atomic E-state index is 13.2. The zero-order valence-electron chi connectivity index (χ0n) is 14.8. The third-order valence-electron chi connectivity index (χ3n) is 4.72. The average Bonchev–Trinajstić information content (AvgIpc) is 3.29. The number of carbonyl (C=O) groups excluding carboxylic acids is 2. The SMILES string of the molecule is O=C(CN1C(=O)[C@](O)(c2cccc(Cl)c2)c2ccccc21)NCc1ccco1. The van der Waals surface area contributed by atoms with E-state index in [4.69, 9.17) is 16.0 Å². The topological polar surface area (TPSA) is 82.8 Å². The lowest BCUT2D eigenvalue weighted by Gasteiger charge is -2.23. The molecule has 0 spiro atoms. The van der Waals surface area contributed by atoms with Gasteiger partial charge in [-0.25, -0.2) is 0 Å². The number of hydrogen-bond acceptors (Lipinski definition) is 4. The van der Waals surface area contributed by atoms with Crippen molar-refractivity contribution in [2.24, 2.45) is 0 Å². The van der Waals surface area contributed by atoms with E-state index in [9.17, 15) is 14.7 Å². The molecule has 0 unspecified atom stereocenters. The van der Waals surface area contributed by atoms with E-state index in [1.807, 2.05) is 0 Å². The monoisotopic (exact) mass is 396 g/mol. The number of para-hydroxylation sites is 1. The van der Waals surface area contributed by atoms with Crippen LogP contribution in [0.5, 0.6) is 0 Å². The Kier molecular flexibility index (Phi) is 4.66. The molecule has 142 valence electrons. The second-order valence-corrected chi connectivity index (χ2v) is 6.92. The normalized spacial score (nSPS) is 18.2. The minimum Gasteiger partial charge on any atom is -0.467 e. The summed E-state index contributed by atoms with van der Waals surface area (Å²) in [5, 5.41) is 14.5. The number of fused-ring (bicyclic) bond motifs is 1. The summed E-state index contributed by atoms with van der Waals surface area (Å²) in [4.78, 5) is 26.9. The van der Waals surface area contributed by atoms with Crippen LogP contribution >= 0.6 is 11.6 Å². The van der Waals surface area contributed by atoms with Crippen molar-refractivity contribution in [2.75, 3.05) is 11.4 Å². The maximum Gasteiger partial charge on any atom is 0.268 e. The number of amides is 2. The zero-order chi connectivity index (χ0) is 19.7.